The fourth-order valence-electron chi connectivity index (χ4n) is 3.45. The van der Waals surface area contributed by atoms with E-state index < -0.39 is 22.0 Å². The van der Waals surface area contributed by atoms with Crippen LogP contribution in [-0.4, -0.2) is 50.5 Å². The fourth-order valence-corrected chi connectivity index (χ4v) is 5.50. The molecule has 0 aliphatic carbocycles. The Bertz CT molecular complexity index is 968. The molecule has 1 aromatic heterocycles. The number of aromatic nitrogens is 1. The van der Waals surface area contributed by atoms with Crippen molar-refractivity contribution in [1.29, 1.82) is 0 Å². The van der Waals surface area contributed by atoms with Gasteiger partial charge in [-0.3, -0.25) is 9.69 Å². The van der Waals surface area contributed by atoms with Gasteiger partial charge in [0.1, 0.15) is 11.8 Å². The summed E-state index contributed by atoms with van der Waals surface area (Å²) in [5.74, 6) is -0.118. The van der Waals surface area contributed by atoms with Crippen molar-refractivity contribution in [1.82, 2.24) is 14.6 Å². The summed E-state index contributed by atoms with van der Waals surface area (Å²) in [4.78, 5) is 19.8. The molecule has 2 heterocycles. The number of likely N-dealkylation sites (tertiary alicyclic amines) is 1. The number of methoxy groups -OCH3 is 1. The van der Waals surface area contributed by atoms with E-state index in [0.29, 0.717) is 10.9 Å². The summed E-state index contributed by atoms with van der Waals surface area (Å²) in [6.45, 7) is 6.50. The van der Waals surface area contributed by atoms with Crippen LogP contribution in [0.3, 0.4) is 0 Å². The van der Waals surface area contributed by atoms with E-state index in [-0.39, 0.29) is 10.8 Å². The first-order chi connectivity index (χ1) is 14.8. The molecule has 0 unspecified atom stereocenters. The van der Waals surface area contributed by atoms with E-state index in [4.69, 9.17) is 4.74 Å². The first kappa shape index (κ1) is 23.6. The number of sulfonamides is 1. The lowest BCUT2D eigenvalue weighted by molar-refractivity contribution is -0.118. The molecule has 1 amide bonds. The lowest BCUT2D eigenvalue weighted by Gasteiger charge is -2.25. The van der Waals surface area contributed by atoms with Crippen LogP contribution in [0.1, 0.15) is 38.8 Å². The molecule has 3 rings (SSSR count). The van der Waals surface area contributed by atoms with Gasteiger partial charge in [0.15, 0.2) is 5.13 Å². The van der Waals surface area contributed by atoms with E-state index in [0.717, 1.165) is 25.3 Å². The van der Waals surface area contributed by atoms with Gasteiger partial charge >= 0.3 is 0 Å². The normalized spacial score (nSPS) is 16.3. The summed E-state index contributed by atoms with van der Waals surface area (Å²) < 4.78 is 33.2. The van der Waals surface area contributed by atoms with Crippen molar-refractivity contribution in [3.8, 4) is 5.75 Å². The average Bonchev–Trinajstić information content (AvgIpc) is 3.19. The van der Waals surface area contributed by atoms with Crippen LogP contribution in [0.15, 0.2) is 34.5 Å². The number of carbonyl (C=O) groups excluding carboxylic acids is 1. The molecule has 0 radical (unpaired) electrons. The largest absolute Gasteiger partial charge is 0.497 e. The first-order valence-electron chi connectivity index (χ1n) is 10.4. The zero-order valence-corrected chi connectivity index (χ0v) is 19.8. The summed E-state index contributed by atoms with van der Waals surface area (Å²) in [5, 5.41) is 5.19. The van der Waals surface area contributed by atoms with Crippen LogP contribution >= 0.6 is 11.3 Å². The molecule has 2 N–H and O–H groups in total. The number of carbonyl (C=O) groups is 1. The Morgan fingerprint density at radius 3 is 2.48 bits per heavy atom. The zero-order chi connectivity index (χ0) is 22.4. The average molecular weight is 467 g/mol. The Balaban J connectivity index is 1.64. The second kappa shape index (κ2) is 10.5. The van der Waals surface area contributed by atoms with E-state index in [9.17, 15) is 13.2 Å². The van der Waals surface area contributed by atoms with Crippen molar-refractivity contribution in [3.63, 3.8) is 0 Å². The minimum Gasteiger partial charge on any atom is -0.497 e. The van der Waals surface area contributed by atoms with Crippen LogP contribution in [0, 0.1) is 5.92 Å². The van der Waals surface area contributed by atoms with Crippen molar-refractivity contribution in [2.45, 2.75) is 50.6 Å². The monoisotopic (exact) mass is 466 g/mol. The van der Waals surface area contributed by atoms with Crippen molar-refractivity contribution < 1.29 is 17.9 Å². The lowest BCUT2D eigenvalue weighted by atomic mass is 10.1. The summed E-state index contributed by atoms with van der Waals surface area (Å²) in [6.07, 6.45) is 3.69. The van der Waals surface area contributed by atoms with E-state index in [1.165, 1.54) is 49.8 Å². The molecule has 2 aromatic rings. The highest BCUT2D eigenvalue weighted by Crippen LogP contribution is 2.21. The molecule has 1 atom stereocenters. The molecular weight excluding hydrogens is 436 g/mol. The highest BCUT2D eigenvalue weighted by Gasteiger charge is 2.29. The predicted octanol–water partition coefficient (Wildman–Crippen LogP) is 3.08. The van der Waals surface area contributed by atoms with Crippen molar-refractivity contribution >= 4 is 32.4 Å². The molecule has 1 aliphatic rings. The van der Waals surface area contributed by atoms with E-state index in [1.54, 1.807) is 26.0 Å². The van der Waals surface area contributed by atoms with Crippen LogP contribution in [0.5, 0.6) is 5.75 Å². The number of anilines is 1. The molecule has 0 bridgehead atoms. The van der Waals surface area contributed by atoms with E-state index in [2.05, 4.69) is 19.9 Å². The number of nitrogens with one attached hydrogen (secondary N) is 2. The standard InChI is InChI=1S/C21H30N4O4S2/c1-15(2)19(24-31(27,28)18-9-7-17(29-3)8-10-18)20(26)23-21-22-16(14-30-21)13-25-11-5-4-6-12-25/h7-10,14-15,19,24H,4-6,11-13H2,1-3H3,(H,22,23,26)/t19-/m0/s1. The SMILES string of the molecule is COc1ccc(S(=O)(=O)N[C@H](C(=O)Nc2nc(CN3CCCCC3)cs2)C(C)C)cc1. The van der Waals surface area contributed by atoms with Crippen LogP contribution in [0.2, 0.25) is 0 Å². The maximum absolute atomic E-state index is 12.9. The third-order valence-corrected chi connectivity index (χ3v) is 7.48. The molecular formula is C21H30N4O4S2. The van der Waals surface area contributed by atoms with Gasteiger partial charge in [0.2, 0.25) is 15.9 Å². The number of nitrogens with zero attached hydrogens (tertiary/aromatic N) is 2. The molecule has 1 saturated heterocycles. The summed E-state index contributed by atoms with van der Waals surface area (Å²) >= 11 is 1.35. The van der Waals surface area contributed by atoms with Crippen molar-refractivity contribution in [2.75, 3.05) is 25.5 Å². The van der Waals surface area contributed by atoms with Crippen LogP contribution in [0.4, 0.5) is 5.13 Å². The minimum atomic E-state index is -3.87. The summed E-state index contributed by atoms with van der Waals surface area (Å²) in [5.41, 5.74) is 0.919. The maximum Gasteiger partial charge on any atom is 0.244 e. The molecule has 1 fully saturated rings. The Morgan fingerprint density at radius 1 is 1.19 bits per heavy atom. The van der Waals surface area contributed by atoms with Gasteiger partial charge in [-0.05, 0) is 56.1 Å². The second-order valence-corrected chi connectivity index (χ2v) is 10.6. The number of piperidine rings is 1. The van der Waals surface area contributed by atoms with Gasteiger partial charge in [-0.2, -0.15) is 4.72 Å². The van der Waals surface area contributed by atoms with Crippen LogP contribution in [-0.2, 0) is 21.4 Å². The van der Waals surface area contributed by atoms with Gasteiger partial charge in [-0.15, -0.1) is 11.3 Å². The third kappa shape index (κ3) is 6.49. The molecule has 0 spiro atoms. The maximum atomic E-state index is 12.9. The number of ether oxygens (including phenoxy) is 1. The number of hydrogen-bond acceptors (Lipinski definition) is 7. The summed E-state index contributed by atoms with van der Waals surface area (Å²) in [6, 6.07) is 5.10. The van der Waals surface area contributed by atoms with Gasteiger partial charge < -0.3 is 10.1 Å². The number of rotatable bonds is 9. The van der Waals surface area contributed by atoms with Gasteiger partial charge in [0.05, 0.1) is 17.7 Å². The Kier molecular flexibility index (Phi) is 8.04. The molecule has 1 aliphatic heterocycles. The van der Waals surface area contributed by atoms with Crippen LogP contribution in [0.25, 0.3) is 0 Å². The smallest absolute Gasteiger partial charge is 0.244 e. The van der Waals surface area contributed by atoms with E-state index in [1.807, 2.05) is 5.38 Å². The van der Waals surface area contributed by atoms with Crippen molar-refractivity contribution in [2.24, 2.45) is 5.92 Å². The number of benzene rings is 1. The second-order valence-electron chi connectivity index (χ2n) is 7.99. The highest BCUT2D eigenvalue weighted by molar-refractivity contribution is 7.89. The van der Waals surface area contributed by atoms with Crippen LogP contribution < -0.4 is 14.8 Å². The fraction of sp³-hybridized carbons (Fsp3) is 0.524. The molecule has 31 heavy (non-hydrogen) atoms. The zero-order valence-electron chi connectivity index (χ0n) is 18.1. The van der Waals surface area contributed by atoms with Crippen molar-refractivity contribution in [3.05, 3.63) is 35.3 Å². The third-order valence-electron chi connectivity index (χ3n) is 5.22. The molecule has 170 valence electrons. The van der Waals surface area contributed by atoms with Gasteiger partial charge in [-0.25, -0.2) is 13.4 Å². The number of amides is 1. The topological polar surface area (TPSA) is 101 Å². The molecule has 10 heteroatoms. The van der Waals surface area contributed by atoms with Gasteiger partial charge in [0, 0.05) is 11.9 Å². The number of thiazole rings is 1. The Labute approximate surface area is 188 Å². The first-order valence-corrected chi connectivity index (χ1v) is 12.8. The van der Waals surface area contributed by atoms with E-state index >= 15 is 0 Å². The Hall–Kier alpha value is -2.01. The van der Waals surface area contributed by atoms with Gasteiger partial charge in [-0.1, -0.05) is 20.3 Å². The molecule has 1 aromatic carbocycles. The molecule has 0 saturated carbocycles. The predicted molar refractivity (Wildman–Crippen MR) is 122 cm³/mol. The number of hydrogen-bond donors (Lipinski definition) is 2. The van der Waals surface area contributed by atoms with Gasteiger partial charge in [0.25, 0.3) is 0 Å². The Morgan fingerprint density at radius 2 is 1.87 bits per heavy atom. The lowest BCUT2D eigenvalue weighted by Crippen LogP contribution is -2.47. The minimum absolute atomic E-state index is 0.0739. The summed E-state index contributed by atoms with van der Waals surface area (Å²) in [7, 11) is -2.36. The molecule has 8 nitrogen and oxygen atoms in total. The highest BCUT2D eigenvalue weighted by atomic mass is 32.2. The quantitative estimate of drug-likeness (QED) is 0.589.